The van der Waals surface area contributed by atoms with Crippen molar-refractivity contribution in [3.63, 3.8) is 0 Å². The summed E-state index contributed by atoms with van der Waals surface area (Å²) in [4.78, 5) is 0. The monoisotopic (exact) mass is 227 g/mol. The van der Waals surface area contributed by atoms with E-state index in [9.17, 15) is 0 Å². The lowest BCUT2D eigenvalue weighted by Gasteiger charge is -2.06. The van der Waals surface area contributed by atoms with Crippen LogP contribution in [0.25, 0.3) is 16.6 Å². The lowest BCUT2D eigenvalue weighted by Crippen LogP contribution is -2.24. The van der Waals surface area contributed by atoms with Crippen molar-refractivity contribution in [1.82, 2.24) is 9.99 Å². The maximum atomic E-state index is 8.88. The number of rotatable bonds is 2. The number of nitriles is 1. The van der Waals surface area contributed by atoms with Gasteiger partial charge < -0.3 is 15.7 Å². The van der Waals surface area contributed by atoms with Crippen molar-refractivity contribution in [3.05, 3.63) is 41.7 Å². The van der Waals surface area contributed by atoms with Crippen LogP contribution in [0.5, 0.6) is 0 Å². The topological polar surface area (TPSA) is 92.8 Å². The highest BCUT2D eigenvalue weighted by Crippen LogP contribution is 2.22. The maximum absolute atomic E-state index is 8.88. The third kappa shape index (κ3) is 1.71. The first-order valence-corrected chi connectivity index (χ1v) is 5.10. The van der Waals surface area contributed by atoms with E-state index in [0.717, 1.165) is 16.6 Å². The van der Waals surface area contributed by atoms with Gasteiger partial charge in [-0.2, -0.15) is 5.26 Å². The van der Waals surface area contributed by atoms with Gasteiger partial charge in [-0.15, -0.1) is 0 Å². The molecule has 1 heterocycles. The van der Waals surface area contributed by atoms with E-state index >= 15 is 0 Å². The quantitative estimate of drug-likeness (QED) is 0.402. The summed E-state index contributed by atoms with van der Waals surface area (Å²) in [6.45, 7) is 0. The van der Waals surface area contributed by atoms with Crippen molar-refractivity contribution in [1.29, 1.82) is 5.26 Å². The van der Waals surface area contributed by atoms with E-state index in [-0.39, 0.29) is 5.70 Å². The number of hydrazine groups is 1. The number of nitrogens with one attached hydrogen (secondary N) is 1. The Bertz CT molecular complexity index is 630. The van der Waals surface area contributed by atoms with E-state index in [0.29, 0.717) is 5.70 Å². The summed E-state index contributed by atoms with van der Waals surface area (Å²) < 4.78 is 1.93. The van der Waals surface area contributed by atoms with Crippen molar-refractivity contribution in [2.24, 2.45) is 18.6 Å². The van der Waals surface area contributed by atoms with Gasteiger partial charge in [-0.05, 0) is 12.1 Å². The Morgan fingerprint density at radius 1 is 1.41 bits per heavy atom. The second-order valence-electron chi connectivity index (χ2n) is 3.69. The Morgan fingerprint density at radius 3 is 2.71 bits per heavy atom. The van der Waals surface area contributed by atoms with Crippen molar-refractivity contribution >= 4 is 16.6 Å². The molecule has 0 amide bonds. The van der Waals surface area contributed by atoms with E-state index in [4.69, 9.17) is 16.8 Å². The number of para-hydroxylation sites is 1. The van der Waals surface area contributed by atoms with Gasteiger partial charge in [0, 0.05) is 18.0 Å². The number of benzene rings is 1. The van der Waals surface area contributed by atoms with Crippen LogP contribution in [0, 0.1) is 11.3 Å². The van der Waals surface area contributed by atoms with Crippen molar-refractivity contribution in [2.45, 2.75) is 0 Å². The summed E-state index contributed by atoms with van der Waals surface area (Å²) in [6, 6.07) is 11.8. The molecule has 2 aromatic rings. The molecule has 0 aliphatic rings. The molecule has 86 valence electrons. The van der Waals surface area contributed by atoms with Crippen LogP contribution in [0.2, 0.25) is 0 Å². The molecule has 2 rings (SSSR count). The van der Waals surface area contributed by atoms with Gasteiger partial charge in [0.15, 0.2) is 5.70 Å². The van der Waals surface area contributed by atoms with Crippen molar-refractivity contribution in [2.75, 3.05) is 0 Å². The standard InChI is InChI=1S/C12H13N5/c1-17-10-5-3-2-4-8(10)6-11(17)12(14)9(7-13)16-15/h2-6,16H,14-15H2,1H3/b12-9-. The van der Waals surface area contributed by atoms with Gasteiger partial charge in [0.05, 0.1) is 11.4 Å². The fourth-order valence-corrected chi connectivity index (χ4v) is 1.85. The molecule has 0 atom stereocenters. The molecule has 0 radical (unpaired) electrons. The van der Waals surface area contributed by atoms with Crippen LogP contribution in [0.15, 0.2) is 36.0 Å². The predicted octanol–water partition coefficient (Wildman–Crippen LogP) is 0.792. The molecule has 5 heteroatoms. The second kappa shape index (κ2) is 4.20. The van der Waals surface area contributed by atoms with Crippen molar-refractivity contribution < 1.29 is 0 Å². The molecular formula is C12H13N5. The molecule has 5 nitrogen and oxygen atoms in total. The number of nitrogens with zero attached hydrogens (tertiary/aromatic N) is 2. The highest BCUT2D eigenvalue weighted by Gasteiger charge is 2.10. The van der Waals surface area contributed by atoms with Gasteiger partial charge in [-0.1, -0.05) is 18.2 Å². The fourth-order valence-electron chi connectivity index (χ4n) is 1.85. The normalized spacial score (nSPS) is 12.1. The second-order valence-corrected chi connectivity index (χ2v) is 3.69. The third-order valence-electron chi connectivity index (χ3n) is 2.75. The molecule has 5 N–H and O–H groups in total. The molecule has 0 unspecified atom stereocenters. The Kier molecular flexibility index (Phi) is 2.73. The zero-order valence-corrected chi connectivity index (χ0v) is 9.44. The van der Waals surface area contributed by atoms with Crippen molar-refractivity contribution in [3.8, 4) is 6.07 Å². The maximum Gasteiger partial charge on any atom is 0.152 e. The summed E-state index contributed by atoms with van der Waals surface area (Å²) in [5.74, 6) is 5.25. The SMILES string of the molecule is Cn1c(/C(N)=C(\C#N)NN)cc2ccccc21. The van der Waals surface area contributed by atoms with Crippen LogP contribution in [0.1, 0.15) is 5.69 Å². The molecular weight excluding hydrogens is 214 g/mol. The van der Waals surface area contributed by atoms with E-state index in [1.807, 2.05) is 48.0 Å². The Hall–Kier alpha value is -2.45. The number of hydrogen-bond acceptors (Lipinski definition) is 4. The van der Waals surface area contributed by atoms with Gasteiger partial charge in [0.2, 0.25) is 0 Å². The lowest BCUT2D eigenvalue weighted by molar-refractivity contribution is 0.901. The highest BCUT2D eigenvalue weighted by molar-refractivity contribution is 5.86. The highest BCUT2D eigenvalue weighted by atomic mass is 15.2. The van der Waals surface area contributed by atoms with Crippen LogP contribution >= 0.6 is 0 Å². The minimum Gasteiger partial charge on any atom is -0.395 e. The number of aryl methyl sites for hydroxylation is 1. The summed E-state index contributed by atoms with van der Waals surface area (Å²) in [6.07, 6.45) is 0. The van der Waals surface area contributed by atoms with Crippen LogP contribution < -0.4 is 17.0 Å². The molecule has 0 fully saturated rings. The summed E-state index contributed by atoms with van der Waals surface area (Å²) >= 11 is 0. The van der Waals surface area contributed by atoms with E-state index < -0.39 is 0 Å². The van der Waals surface area contributed by atoms with Crippen LogP contribution in [-0.2, 0) is 7.05 Å². The average Bonchev–Trinajstić information content (AvgIpc) is 2.69. The van der Waals surface area contributed by atoms with Crippen LogP contribution in [0.4, 0.5) is 0 Å². The minimum absolute atomic E-state index is 0.163. The minimum atomic E-state index is 0.163. The third-order valence-corrected chi connectivity index (χ3v) is 2.75. The average molecular weight is 227 g/mol. The molecule has 0 spiro atoms. The molecule has 0 aliphatic heterocycles. The zero-order valence-electron chi connectivity index (χ0n) is 9.44. The van der Waals surface area contributed by atoms with E-state index in [1.54, 1.807) is 0 Å². The number of fused-ring (bicyclic) bond motifs is 1. The molecule has 0 saturated heterocycles. The van der Waals surface area contributed by atoms with Gasteiger partial charge in [0.1, 0.15) is 6.07 Å². The fraction of sp³-hybridized carbons (Fsp3) is 0.0833. The number of nitrogens with two attached hydrogens (primary N) is 2. The smallest absolute Gasteiger partial charge is 0.152 e. The summed E-state index contributed by atoms with van der Waals surface area (Å²) in [5.41, 5.74) is 10.5. The lowest BCUT2D eigenvalue weighted by atomic mass is 10.2. The van der Waals surface area contributed by atoms with Gasteiger partial charge in [-0.25, -0.2) is 5.84 Å². The summed E-state index contributed by atoms with van der Waals surface area (Å²) in [7, 11) is 1.90. The Balaban J connectivity index is 2.69. The van der Waals surface area contributed by atoms with Gasteiger partial charge in [-0.3, -0.25) is 0 Å². The van der Waals surface area contributed by atoms with E-state index in [2.05, 4.69) is 5.43 Å². The molecule has 17 heavy (non-hydrogen) atoms. The number of hydrogen-bond donors (Lipinski definition) is 3. The van der Waals surface area contributed by atoms with Crippen LogP contribution in [-0.4, -0.2) is 4.57 Å². The molecule has 0 bridgehead atoms. The van der Waals surface area contributed by atoms with E-state index in [1.165, 1.54) is 0 Å². The number of aromatic nitrogens is 1. The molecule has 1 aromatic heterocycles. The zero-order chi connectivity index (χ0) is 12.4. The predicted molar refractivity (Wildman–Crippen MR) is 67.0 cm³/mol. The van der Waals surface area contributed by atoms with Gasteiger partial charge in [0.25, 0.3) is 0 Å². The van der Waals surface area contributed by atoms with Crippen LogP contribution in [0.3, 0.4) is 0 Å². The largest absolute Gasteiger partial charge is 0.395 e. The summed E-state index contributed by atoms with van der Waals surface area (Å²) in [5, 5.41) is 9.96. The first-order chi connectivity index (χ1) is 8.19. The molecule has 0 saturated carbocycles. The van der Waals surface area contributed by atoms with Gasteiger partial charge >= 0.3 is 0 Å². The Labute approximate surface area is 98.9 Å². The first-order valence-electron chi connectivity index (χ1n) is 5.10. The Morgan fingerprint density at radius 2 is 2.12 bits per heavy atom. The molecule has 0 aliphatic carbocycles. The first kappa shape index (κ1) is 11.0. The molecule has 1 aromatic carbocycles. The number of allylic oxidation sites excluding steroid dienone is 1.